The second-order valence-electron chi connectivity index (χ2n) is 4.18. The van der Waals surface area contributed by atoms with Gasteiger partial charge in [0.05, 0.1) is 6.07 Å². The van der Waals surface area contributed by atoms with Crippen LogP contribution in [0.5, 0.6) is 11.5 Å². The number of benzene rings is 2. The molecule has 2 aromatic rings. The summed E-state index contributed by atoms with van der Waals surface area (Å²) >= 11 is 0. The average Bonchev–Trinajstić information content (AvgIpc) is 2.44. The highest BCUT2D eigenvalue weighted by molar-refractivity contribution is 5.42. The van der Waals surface area contributed by atoms with E-state index in [9.17, 15) is 10.2 Å². The highest BCUT2D eigenvalue weighted by atomic mass is 16.3. The summed E-state index contributed by atoms with van der Waals surface area (Å²) in [5.74, 6) is -0.414. The van der Waals surface area contributed by atoms with E-state index in [-0.39, 0.29) is 11.5 Å². The van der Waals surface area contributed by atoms with Crippen molar-refractivity contribution in [2.45, 2.75) is 12.6 Å². The Kier molecular flexibility index (Phi) is 4.01. The largest absolute Gasteiger partial charge is 0.504 e. The number of nitrogens with zero attached hydrogens (tertiary/aromatic N) is 1. The molecule has 0 heterocycles. The molecule has 0 saturated carbocycles. The maximum Gasteiger partial charge on any atom is 0.157 e. The van der Waals surface area contributed by atoms with Crippen LogP contribution in [0.2, 0.25) is 0 Å². The lowest BCUT2D eigenvalue weighted by Crippen LogP contribution is -2.19. The second-order valence-corrected chi connectivity index (χ2v) is 4.18. The zero-order chi connectivity index (χ0) is 13.7. The van der Waals surface area contributed by atoms with Gasteiger partial charge in [0.2, 0.25) is 0 Å². The summed E-state index contributed by atoms with van der Waals surface area (Å²) in [4.78, 5) is 0. The maximum absolute atomic E-state index is 9.44. The molecule has 3 N–H and O–H groups in total. The molecular weight excluding hydrogens is 240 g/mol. The predicted octanol–water partition coefficient (Wildman–Crippen LogP) is 2.45. The summed E-state index contributed by atoms with van der Waals surface area (Å²) in [7, 11) is 0. The van der Waals surface area contributed by atoms with E-state index in [4.69, 9.17) is 5.26 Å². The lowest BCUT2D eigenvalue weighted by atomic mass is 10.1. The number of nitriles is 1. The van der Waals surface area contributed by atoms with Crippen LogP contribution in [0.25, 0.3) is 0 Å². The van der Waals surface area contributed by atoms with Crippen molar-refractivity contribution in [1.29, 1.82) is 5.26 Å². The maximum atomic E-state index is 9.44. The molecule has 0 radical (unpaired) electrons. The van der Waals surface area contributed by atoms with Gasteiger partial charge < -0.3 is 10.2 Å². The molecule has 0 fully saturated rings. The van der Waals surface area contributed by atoms with E-state index < -0.39 is 6.04 Å². The van der Waals surface area contributed by atoms with E-state index in [1.165, 1.54) is 12.1 Å². The Morgan fingerprint density at radius 1 is 1.05 bits per heavy atom. The van der Waals surface area contributed by atoms with Gasteiger partial charge in [0.15, 0.2) is 11.5 Å². The van der Waals surface area contributed by atoms with Crippen molar-refractivity contribution in [2.75, 3.05) is 0 Å². The summed E-state index contributed by atoms with van der Waals surface area (Å²) in [6.07, 6.45) is 0. The third-order valence-corrected chi connectivity index (χ3v) is 2.82. The minimum absolute atomic E-state index is 0.191. The van der Waals surface area contributed by atoms with Crippen LogP contribution in [-0.4, -0.2) is 10.2 Å². The molecule has 0 saturated heterocycles. The molecule has 19 heavy (non-hydrogen) atoms. The van der Waals surface area contributed by atoms with E-state index in [1.807, 2.05) is 30.3 Å². The fraction of sp³-hybridized carbons (Fsp3) is 0.133. The van der Waals surface area contributed by atoms with Crippen LogP contribution in [0.3, 0.4) is 0 Å². The standard InChI is InChI=1S/C15H14N2O2/c16-9-13(12-6-7-14(18)15(19)8-12)17-10-11-4-2-1-3-5-11/h1-8,13,17-19H,10H2. The number of rotatable bonds is 4. The molecule has 4 nitrogen and oxygen atoms in total. The summed E-state index contributed by atoms with van der Waals surface area (Å²) in [5.41, 5.74) is 1.69. The van der Waals surface area contributed by atoms with Gasteiger partial charge in [0.25, 0.3) is 0 Å². The van der Waals surface area contributed by atoms with Crippen LogP contribution in [0.15, 0.2) is 48.5 Å². The normalized spacial score (nSPS) is 11.7. The van der Waals surface area contributed by atoms with Crippen LogP contribution < -0.4 is 5.32 Å². The second kappa shape index (κ2) is 5.89. The topological polar surface area (TPSA) is 76.3 Å². The van der Waals surface area contributed by atoms with E-state index in [2.05, 4.69) is 11.4 Å². The lowest BCUT2D eigenvalue weighted by molar-refractivity contribution is 0.402. The highest BCUT2D eigenvalue weighted by Gasteiger charge is 2.11. The van der Waals surface area contributed by atoms with Crippen molar-refractivity contribution in [1.82, 2.24) is 5.32 Å². The molecule has 2 aromatic carbocycles. The van der Waals surface area contributed by atoms with Gasteiger partial charge in [-0.1, -0.05) is 36.4 Å². The number of phenols is 2. The Bertz CT molecular complexity index is 591. The van der Waals surface area contributed by atoms with Crippen LogP contribution in [0.1, 0.15) is 17.2 Å². The lowest BCUT2D eigenvalue weighted by Gasteiger charge is -2.12. The molecular formula is C15H14N2O2. The Hall–Kier alpha value is -2.51. The smallest absolute Gasteiger partial charge is 0.157 e. The van der Waals surface area contributed by atoms with Crippen molar-refractivity contribution in [3.63, 3.8) is 0 Å². The molecule has 0 aliphatic heterocycles. The van der Waals surface area contributed by atoms with Gasteiger partial charge >= 0.3 is 0 Å². The molecule has 0 aromatic heterocycles. The fourth-order valence-electron chi connectivity index (χ4n) is 1.77. The minimum atomic E-state index is -0.535. The van der Waals surface area contributed by atoms with Gasteiger partial charge in [-0.3, -0.25) is 5.32 Å². The number of phenolic OH excluding ortho intramolecular Hbond substituents is 2. The molecule has 96 valence electrons. The summed E-state index contributed by atoms with van der Waals surface area (Å²) < 4.78 is 0. The molecule has 4 heteroatoms. The van der Waals surface area contributed by atoms with Gasteiger partial charge in [-0.25, -0.2) is 0 Å². The Balaban J connectivity index is 2.08. The van der Waals surface area contributed by atoms with Crippen molar-refractivity contribution < 1.29 is 10.2 Å². The van der Waals surface area contributed by atoms with E-state index in [0.717, 1.165) is 5.56 Å². The zero-order valence-corrected chi connectivity index (χ0v) is 10.2. The quantitative estimate of drug-likeness (QED) is 0.732. The summed E-state index contributed by atoms with van der Waals surface area (Å²) in [5, 5.41) is 31.0. The van der Waals surface area contributed by atoms with Gasteiger partial charge in [-0.15, -0.1) is 0 Å². The monoisotopic (exact) mass is 254 g/mol. The van der Waals surface area contributed by atoms with Crippen molar-refractivity contribution in [3.05, 3.63) is 59.7 Å². The van der Waals surface area contributed by atoms with Crippen LogP contribution in [0, 0.1) is 11.3 Å². The molecule has 1 atom stereocenters. The molecule has 0 aliphatic carbocycles. The summed E-state index contributed by atoms with van der Waals surface area (Å²) in [6.45, 7) is 0.556. The molecule has 1 unspecified atom stereocenters. The zero-order valence-electron chi connectivity index (χ0n) is 10.2. The van der Waals surface area contributed by atoms with E-state index in [1.54, 1.807) is 6.07 Å². The average molecular weight is 254 g/mol. The first-order valence-corrected chi connectivity index (χ1v) is 5.89. The number of aromatic hydroxyl groups is 2. The Labute approximate surface area is 111 Å². The minimum Gasteiger partial charge on any atom is -0.504 e. The SMILES string of the molecule is N#CC(NCc1ccccc1)c1ccc(O)c(O)c1. The third kappa shape index (κ3) is 3.24. The number of hydrogen-bond acceptors (Lipinski definition) is 4. The van der Waals surface area contributed by atoms with E-state index in [0.29, 0.717) is 12.1 Å². The van der Waals surface area contributed by atoms with Crippen LogP contribution >= 0.6 is 0 Å². The highest BCUT2D eigenvalue weighted by Crippen LogP contribution is 2.27. The number of nitrogens with one attached hydrogen (secondary N) is 1. The first-order valence-electron chi connectivity index (χ1n) is 5.89. The van der Waals surface area contributed by atoms with Gasteiger partial charge in [-0.05, 0) is 23.3 Å². The molecule has 0 bridgehead atoms. The summed E-state index contributed by atoms with van der Waals surface area (Å²) in [6, 6.07) is 15.7. The first kappa shape index (κ1) is 12.9. The Morgan fingerprint density at radius 3 is 2.42 bits per heavy atom. The molecule has 0 spiro atoms. The van der Waals surface area contributed by atoms with Crippen LogP contribution in [-0.2, 0) is 6.54 Å². The third-order valence-electron chi connectivity index (χ3n) is 2.82. The fourth-order valence-corrected chi connectivity index (χ4v) is 1.77. The van der Waals surface area contributed by atoms with Crippen molar-refractivity contribution >= 4 is 0 Å². The number of hydrogen-bond donors (Lipinski definition) is 3. The van der Waals surface area contributed by atoms with Gasteiger partial charge in [0, 0.05) is 6.54 Å². The van der Waals surface area contributed by atoms with Crippen molar-refractivity contribution in [2.24, 2.45) is 0 Å². The molecule has 0 aliphatic rings. The van der Waals surface area contributed by atoms with Gasteiger partial charge in [0.1, 0.15) is 6.04 Å². The predicted molar refractivity (Wildman–Crippen MR) is 71.4 cm³/mol. The Morgan fingerprint density at radius 2 is 1.79 bits per heavy atom. The molecule has 2 rings (SSSR count). The van der Waals surface area contributed by atoms with E-state index >= 15 is 0 Å². The van der Waals surface area contributed by atoms with Gasteiger partial charge in [-0.2, -0.15) is 5.26 Å². The van der Waals surface area contributed by atoms with Crippen molar-refractivity contribution in [3.8, 4) is 17.6 Å². The molecule has 0 amide bonds. The first-order chi connectivity index (χ1) is 9.20. The van der Waals surface area contributed by atoms with Crippen LogP contribution in [0.4, 0.5) is 0 Å².